The minimum atomic E-state index is -0.297. The van der Waals surface area contributed by atoms with Crippen LogP contribution in [0.2, 0.25) is 0 Å². The van der Waals surface area contributed by atoms with Gasteiger partial charge in [0, 0.05) is 19.6 Å². The topological polar surface area (TPSA) is 30.3 Å². The molecule has 2 rings (SSSR count). The van der Waals surface area contributed by atoms with Gasteiger partial charge in [0.05, 0.1) is 6.07 Å². The summed E-state index contributed by atoms with van der Waals surface area (Å²) >= 11 is 0. The highest BCUT2D eigenvalue weighted by Gasteiger charge is 2.40. The molecule has 1 unspecified atom stereocenters. The number of hydrogen-bond donors (Lipinski definition) is 0. The van der Waals surface area contributed by atoms with Gasteiger partial charge in [0.2, 0.25) is 0 Å². The summed E-state index contributed by atoms with van der Waals surface area (Å²) in [7, 11) is 3.99. The molecule has 1 aliphatic rings. The highest BCUT2D eigenvalue weighted by molar-refractivity contribution is 5.17. The molecule has 1 fully saturated rings. The van der Waals surface area contributed by atoms with E-state index >= 15 is 0 Å². The third-order valence-corrected chi connectivity index (χ3v) is 3.64. The molecule has 90 valence electrons. The van der Waals surface area contributed by atoms with E-state index in [9.17, 15) is 5.26 Å². The number of likely N-dealkylation sites (N-methyl/N-ethyl adjacent to an activating group) is 1. The maximum atomic E-state index is 9.35. The third kappa shape index (κ3) is 2.49. The maximum Gasteiger partial charge on any atom is 0.122 e. The van der Waals surface area contributed by atoms with Crippen molar-refractivity contribution in [3.8, 4) is 6.07 Å². The lowest BCUT2D eigenvalue weighted by atomic mass is 10.00. The zero-order valence-electron chi connectivity index (χ0n) is 10.6. The molecule has 0 radical (unpaired) electrons. The first kappa shape index (κ1) is 12.1. The van der Waals surface area contributed by atoms with E-state index in [1.165, 1.54) is 5.56 Å². The molecule has 1 aromatic carbocycles. The van der Waals surface area contributed by atoms with E-state index in [0.717, 1.165) is 26.1 Å². The molecule has 1 aliphatic heterocycles. The van der Waals surface area contributed by atoms with Gasteiger partial charge in [-0.15, -0.1) is 0 Å². The van der Waals surface area contributed by atoms with Gasteiger partial charge in [-0.05, 0) is 26.1 Å². The van der Waals surface area contributed by atoms with E-state index in [2.05, 4.69) is 40.1 Å². The zero-order chi connectivity index (χ0) is 12.3. The number of rotatable bonds is 3. The van der Waals surface area contributed by atoms with Gasteiger partial charge in [-0.25, -0.2) is 0 Å². The molecular formula is C14H19N3. The Kier molecular flexibility index (Phi) is 3.46. The van der Waals surface area contributed by atoms with Crippen molar-refractivity contribution in [1.82, 2.24) is 9.80 Å². The second-order valence-corrected chi connectivity index (χ2v) is 4.98. The lowest BCUT2D eigenvalue weighted by molar-refractivity contribution is 0.207. The fourth-order valence-electron chi connectivity index (χ4n) is 2.40. The maximum absolute atomic E-state index is 9.35. The van der Waals surface area contributed by atoms with Crippen LogP contribution in [0.3, 0.4) is 0 Å². The lowest BCUT2D eigenvalue weighted by Crippen LogP contribution is -2.45. The van der Waals surface area contributed by atoms with Crippen molar-refractivity contribution in [2.75, 3.05) is 27.2 Å². The Morgan fingerprint density at radius 1 is 1.35 bits per heavy atom. The van der Waals surface area contributed by atoms with Crippen molar-refractivity contribution in [2.24, 2.45) is 0 Å². The average Bonchev–Trinajstić information content (AvgIpc) is 2.75. The second kappa shape index (κ2) is 4.87. The summed E-state index contributed by atoms with van der Waals surface area (Å²) in [4.78, 5) is 4.41. The SMILES string of the molecule is CN(C)C1(C#N)CCN(Cc2ccccc2)C1. The zero-order valence-corrected chi connectivity index (χ0v) is 10.6. The average molecular weight is 229 g/mol. The fraction of sp³-hybridized carbons (Fsp3) is 0.500. The summed E-state index contributed by atoms with van der Waals surface area (Å²) in [5, 5.41) is 9.35. The van der Waals surface area contributed by atoms with Crippen LogP contribution in [0.25, 0.3) is 0 Å². The van der Waals surface area contributed by atoms with Gasteiger partial charge in [0.15, 0.2) is 0 Å². The van der Waals surface area contributed by atoms with Gasteiger partial charge in [0.1, 0.15) is 5.54 Å². The van der Waals surface area contributed by atoms with Crippen LogP contribution in [0.5, 0.6) is 0 Å². The van der Waals surface area contributed by atoms with Gasteiger partial charge in [-0.2, -0.15) is 5.26 Å². The fourth-order valence-corrected chi connectivity index (χ4v) is 2.40. The lowest BCUT2D eigenvalue weighted by Gasteiger charge is -2.29. The summed E-state index contributed by atoms with van der Waals surface area (Å²) in [6.07, 6.45) is 0.934. The van der Waals surface area contributed by atoms with E-state index in [1.807, 2.05) is 20.2 Å². The Balaban J connectivity index is 2.02. The minimum Gasteiger partial charge on any atom is -0.296 e. The van der Waals surface area contributed by atoms with Crippen LogP contribution in [0, 0.1) is 11.3 Å². The smallest absolute Gasteiger partial charge is 0.122 e. The van der Waals surface area contributed by atoms with Crippen LogP contribution >= 0.6 is 0 Å². The van der Waals surface area contributed by atoms with Gasteiger partial charge in [0.25, 0.3) is 0 Å². The number of nitriles is 1. The van der Waals surface area contributed by atoms with E-state index in [1.54, 1.807) is 0 Å². The monoisotopic (exact) mass is 229 g/mol. The molecule has 0 bridgehead atoms. The molecule has 17 heavy (non-hydrogen) atoms. The molecular weight excluding hydrogens is 210 g/mol. The molecule has 1 atom stereocenters. The van der Waals surface area contributed by atoms with Crippen LogP contribution in [0.4, 0.5) is 0 Å². The molecule has 3 heteroatoms. The molecule has 0 aliphatic carbocycles. The molecule has 0 amide bonds. The number of hydrogen-bond acceptors (Lipinski definition) is 3. The first-order chi connectivity index (χ1) is 8.16. The van der Waals surface area contributed by atoms with Gasteiger partial charge in [-0.1, -0.05) is 30.3 Å². The van der Waals surface area contributed by atoms with Crippen LogP contribution in [-0.4, -0.2) is 42.5 Å². The largest absolute Gasteiger partial charge is 0.296 e. The Hall–Kier alpha value is -1.37. The number of nitrogens with zero attached hydrogens (tertiary/aromatic N) is 3. The Labute approximate surface area is 103 Å². The van der Waals surface area contributed by atoms with E-state index < -0.39 is 0 Å². The summed E-state index contributed by atoms with van der Waals surface area (Å²) in [6, 6.07) is 12.9. The summed E-state index contributed by atoms with van der Waals surface area (Å²) < 4.78 is 0. The van der Waals surface area contributed by atoms with E-state index in [0.29, 0.717) is 0 Å². The van der Waals surface area contributed by atoms with Crippen LogP contribution in [-0.2, 0) is 6.54 Å². The quantitative estimate of drug-likeness (QED) is 0.790. The number of benzene rings is 1. The van der Waals surface area contributed by atoms with Crippen molar-refractivity contribution in [1.29, 1.82) is 5.26 Å². The highest BCUT2D eigenvalue weighted by Crippen LogP contribution is 2.26. The van der Waals surface area contributed by atoms with Crippen molar-refractivity contribution in [3.05, 3.63) is 35.9 Å². The van der Waals surface area contributed by atoms with Gasteiger partial charge >= 0.3 is 0 Å². The molecule has 1 aromatic rings. The van der Waals surface area contributed by atoms with Crippen LogP contribution < -0.4 is 0 Å². The van der Waals surface area contributed by atoms with Crippen molar-refractivity contribution < 1.29 is 0 Å². The standard InChI is InChI=1S/C14H19N3/c1-16(2)14(11-15)8-9-17(12-14)10-13-6-4-3-5-7-13/h3-7H,8-10,12H2,1-2H3. The van der Waals surface area contributed by atoms with E-state index in [-0.39, 0.29) is 5.54 Å². The highest BCUT2D eigenvalue weighted by atomic mass is 15.3. The molecule has 0 saturated carbocycles. The van der Waals surface area contributed by atoms with Gasteiger partial charge in [-0.3, -0.25) is 9.80 Å². The molecule has 3 nitrogen and oxygen atoms in total. The normalized spacial score (nSPS) is 25.1. The van der Waals surface area contributed by atoms with Crippen LogP contribution in [0.1, 0.15) is 12.0 Å². The summed E-state index contributed by atoms with van der Waals surface area (Å²) in [5.74, 6) is 0. The Bertz CT molecular complexity index is 407. The molecule has 0 N–H and O–H groups in total. The first-order valence-electron chi connectivity index (χ1n) is 6.01. The summed E-state index contributed by atoms with van der Waals surface area (Å²) in [6.45, 7) is 2.78. The Morgan fingerprint density at radius 2 is 2.06 bits per heavy atom. The third-order valence-electron chi connectivity index (χ3n) is 3.64. The predicted octanol–water partition coefficient (Wildman–Crippen LogP) is 1.72. The first-order valence-corrected chi connectivity index (χ1v) is 6.01. The molecule has 0 spiro atoms. The van der Waals surface area contributed by atoms with Crippen molar-refractivity contribution >= 4 is 0 Å². The minimum absolute atomic E-state index is 0.297. The predicted molar refractivity (Wildman–Crippen MR) is 68.4 cm³/mol. The van der Waals surface area contributed by atoms with Crippen LogP contribution in [0.15, 0.2) is 30.3 Å². The Morgan fingerprint density at radius 3 is 2.59 bits per heavy atom. The summed E-state index contributed by atoms with van der Waals surface area (Å²) in [5.41, 5.74) is 1.02. The van der Waals surface area contributed by atoms with E-state index in [4.69, 9.17) is 0 Å². The number of likely N-dealkylation sites (tertiary alicyclic amines) is 1. The van der Waals surface area contributed by atoms with Crippen molar-refractivity contribution in [2.45, 2.75) is 18.5 Å². The molecule has 1 heterocycles. The molecule has 1 saturated heterocycles. The van der Waals surface area contributed by atoms with Gasteiger partial charge < -0.3 is 0 Å². The van der Waals surface area contributed by atoms with Crippen molar-refractivity contribution in [3.63, 3.8) is 0 Å². The second-order valence-electron chi connectivity index (χ2n) is 4.98. The molecule has 0 aromatic heterocycles.